The van der Waals surface area contributed by atoms with Crippen molar-refractivity contribution in [1.29, 1.82) is 0 Å². The molecule has 2 amide bonds. The number of nitrogens with one attached hydrogen (secondary N) is 2. The minimum Gasteiger partial charge on any atom is -0.444 e. The second-order valence-electron chi connectivity index (χ2n) is 9.06. The van der Waals surface area contributed by atoms with E-state index >= 15 is 0 Å². The van der Waals surface area contributed by atoms with Crippen LogP contribution in [-0.4, -0.2) is 37.3 Å². The van der Waals surface area contributed by atoms with Gasteiger partial charge in [-0.3, -0.25) is 15.1 Å². The lowest BCUT2D eigenvalue weighted by atomic mass is 10.0. The summed E-state index contributed by atoms with van der Waals surface area (Å²) in [5.41, 5.74) is -4.50. The number of carbonyl (C=O) groups excluding carboxylic acids is 2. The van der Waals surface area contributed by atoms with E-state index in [1.54, 1.807) is 20.8 Å². The van der Waals surface area contributed by atoms with E-state index in [9.17, 15) is 35.9 Å². The number of nitrogens with zero attached hydrogens (tertiary/aromatic N) is 4. The van der Waals surface area contributed by atoms with E-state index in [1.165, 1.54) is 36.4 Å². The van der Waals surface area contributed by atoms with Gasteiger partial charge in [-0.15, -0.1) is 0 Å². The molecule has 0 fully saturated rings. The number of hydrogen-bond donors (Lipinski definition) is 2. The van der Waals surface area contributed by atoms with Crippen molar-refractivity contribution in [1.82, 2.24) is 25.1 Å². The molecule has 15 heteroatoms. The Morgan fingerprint density at radius 2 is 1.53 bits per heavy atom. The summed E-state index contributed by atoms with van der Waals surface area (Å²) in [4.78, 5) is 33.0. The van der Waals surface area contributed by atoms with Crippen molar-refractivity contribution in [3.05, 3.63) is 65.4 Å². The van der Waals surface area contributed by atoms with Crippen molar-refractivity contribution >= 4 is 17.7 Å². The number of anilines is 1. The summed E-state index contributed by atoms with van der Waals surface area (Å²) in [6.45, 7) is 6.45. The highest BCUT2D eigenvalue weighted by Gasteiger charge is 2.37. The number of ether oxygens (including phenoxy) is 1. The van der Waals surface area contributed by atoms with E-state index < -0.39 is 52.7 Å². The molecule has 1 unspecified atom stereocenters. The average molecular weight is 544 g/mol. The number of hydrogen-bond acceptors (Lipinski definition) is 6. The van der Waals surface area contributed by atoms with Gasteiger partial charge in [-0.1, -0.05) is 0 Å². The monoisotopic (exact) mass is 544 g/mol. The first-order chi connectivity index (χ1) is 17.4. The van der Waals surface area contributed by atoms with Crippen LogP contribution in [0.15, 0.2) is 43.0 Å². The zero-order valence-electron chi connectivity index (χ0n) is 20.4. The SMILES string of the molecule is CC(NC(=O)c1cc(C(F)(F)F)cc(C(F)(F)F)c1)c1nccnc1-n1cc(NC(=O)OC(C)(C)C)cn1. The van der Waals surface area contributed by atoms with Gasteiger partial charge in [0.1, 0.15) is 11.3 Å². The molecule has 1 aromatic carbocycles. The zero-order chi connectivity index (χ0) is 28.5. The van der Waals surface area contributed by atoms with Crippen molar-refractivity contribution in [2.75, 3.05) is 5.32 Å². The zero-order valence-corrected chi connectivity index (χ0v) is 20.4. The average Bonchev–Trinajstić information content (AvgIpc) is 3.24. The molecule has 2 N–H and O–H groups in total. The molecule has 0 bridgehead atoms. The normalized spacial score (nSPS) is 13.1. The van der Waals surface area contributed by atoms with Crippen LogP contribution in [0.2, 0.25) is 0 Å². The Labute approximate surface area is 212 Å². The molecule has 0 aliphatic rings. The predicted octanol–water partition coefficient (Wildman–Crippen LogP) is 5.54. The van der Waals surface area contributed by atoms with Crippen molar-refractivity contribution < 1.29 is 40.7 Å². The van der Waals surface area contributed by atoms with Crippen LogP contribution in [0.1, 0.15) is 60.9 Å². The Bertz CT molecular complexity index is 1300. The lowest BCUT2D eigenvalue weighted by molar-refractivity contribution is -0.143. The predicted molar refractivity (Wildman–Crippen MR) is 121 cm³/mol. The number of rotatable bonds is 5. The first kappa shape index (κ1) is 28.4. The van der Waals surface area contributed by atoms with E-state index in [2.05, 4.69) is 25.7 Å². The maximum Gasteiger partial charge on any atom is 0.416 e. The van der Waals surface area contributed by atoms with E-state index in [0.29, 0.717) is 12.1 Å². The Kier molecular flexibility index (Phi) is 7.70. The Morgan fingerprint density at radius 1 is 0.947 bits per heavy atom. The van der Waals surface area contributed by atoms with E-state index in [1.807, 2.05) is 0 Å². The fraction of sp³-hybridized carbons (Fsp3) is 0.348. The molecule has 38 heavy (non-hydrogen) atoms. The van der Waals surface area contributed by atoms with Gasteiger partial charge in [0.05, 0.1) is 35.2 Å². The van der Waals surface area contributed by atoms with Gasteiger partial charge < -0.3 is 10.1 Å². The van der Waals surface area contributed by atoms with Gasteiger partial charge in [-0.05, 0) is 45.9 Å². The standard InChI is InChI=1S/C23H22F6N6O3/c1-12(33-19(36)13-7-14(22(24,25)26)9-15(8-13)23(27,28)29)17-18(31-6-5-30-17)35-11-16(10-32-35)34-20(37)38-21(2,3)4/h5-12H,1-4H3,(H,33,36)(H,34,37). The number of alkyl halides is 6. The fourth-order valence-corrected chi connectivity index (χ4v) is 3.18. The Balaban J connectivity index is 1.85. The smallest absolute Gasteiger partial charge is 0.416 e. The maximum absolute atomic E-state index is 13.2. The van der Waals surface area contributed by atoms with Crippen LogP contribution in [0.25, 0.3) is 5.82 Å². The first-order valence-corrected chi connectivity index (χ1v) is 10.9. The molecule has 0 saturated heterocycles. The molecule has 1 atom stereocenters. The van der Waals surface area contributed by atoms with Crippen molar-refractivity contribution in [3.8, 4) is 5.82 Å². The molecule has 0 aliphatic heterocycles. The molecule has 0 aliphatic carbocycles. The highest BCUT2D eigenvalue weighted by atomic mass is 19.4. The number of benzene rings is 1. The van der Waals surface area contributed by atoms with Gasteiger partial charge in [-0.2, -0.15) is 31.4 Å². The van der Waals surface area contributed by atoms with Gasteiger partial charge in [0.25, 0.3) is 5.91 Å². The largest absolute Gasteiger partial charge is 0.444 e. The quantitative estimate of drug-likeness (QED) is 0.408. The summed E-state index contributed by atoms with van der Waals surface area (Å²) in [7, 11) is 0. The minimum atomic E-state index is -5.11. The lowest BCUT2D eigenvalue weighted by Crippen LogP contribution is -2.29. The fourth-order valence-electron chi connectivity index (χ4n) is 3.18. The van der Waals surface area contributed by atoms with Crippen LogP contribution in [0.5, 0.6) is 0 Å². The molecule has 2 heterocycles. The summed E-state index contributed by atoms with van der Waals surface area (Å²) in [5, 5.41) is 8.89. The molecule has 204 valence electrons. The number of halogens is 6. The number of aromatic nitrogens is 4. The van der Waals surface area contributed by atoms with E-state index in [-0.39, 0.29) is 23.3 Å². The topological polar surface area (TPSA) is 111 Å². The van der Waals surface area contributed by atoms with Crippen LogP contribution in [0.4, 0.5) is 36.8 Å². The summed E-state index contributed by atoms with van der Waals surface area (Å²) in [6, 6.07) is -0.434. The second-order valence-corrected chi connectivity index (χ2v) is 9.06. The summed E-state index contributed by atoms with van der Waals surface area (Å²) in [6.07, 6.45) is -5.72. The first-order valence-electron chi connectivity index (χ1n) is 10.9. The van der Waals surface area contributed by atoms with Crippen molar-refractivity contribution in [2.24, 2.45) is 0 Å². The molecule has 0 saturated carbocycles. The number of amides is 2. The third kappa shape index (κ3) is 7.20. The van der Waals surface area contributed by atoms with Crippen LogP contribution in [0, 0.1) is 0 Å². The summed E-state index contributed by atoms with van der Waals surface area (Å²) >= 11 is 0. The number of carbonyl (C=O) groups is 2. The van der Waals surface area contributed by atoms with Crippen LogP contribution in [0.3, 0.4) is 0 Å². The van der Waals surface area contributed by atoms with Crippen LogP contribution in [-0.2, 0) is 17.1 Å². The van der Waals surface area contributed by atoms with Crippen LogP contribution < -0.4 is 10.6 Å². The third-order valence-electron chi connectivity index (χ3n) is 4.76. The van der Waals surface area contributed by atoms with Gasteiger partial charge >= 0.3 is 18.4 Å². The van der Waals surface area contributed by atoms with E-state index in [4.69, 9.17) is 4.74 Å². The lowest BCUT2D eigenvalue weighted by Gasteiger charge is -2.19. The molecule has 2 aromatic heterocycles. The van der Waals surface area contributed by atoms with Gasteiger partial charge in [-0.25, -0.2) is 14.5 Å². The molecular formula is C23H22F6N6O3. The summed E-state index contributed by atoms with van der Waals surface area (Å²) in [5.74, 6) is -1.11. The maximum atomic E-state index is 13.2. The van der Waals surface area contributed by atoms with E-state index in [0.717, 1.165) is 0 Å². The Morgan fingerprint density at radius 3 is 2.08 bits per heavy atom. The van der Waals surface area contributed by atoms with Crippen molar-refractivity contribution in [3.63, 3.8) is 0 Å². The second kappa shape index (κ2) is 10.3. The molecule has 0 spiro atoms. The van der Waals surface area contributed by atoms with Crippen LogP contribution >= 0.6 is 0 Å². The summed E-state index contributed by atoms with van der Waals surface area (Å²) < 4.78 is 85.4. The van der Waals surface area contributed by atoms with Gasteiger partial charge in [0.15, 0.2) is 5.82 Å². The third-order valence-corrected chi connectivity index (χ3v) is 4.76. The molecule has 3 rings (SSSR count). The molecule has 0 radical (unpaired) electrons. The molecular weight excluding hydrogens is 522 g/mol. The minimum absolute atomic E-state index is 0.0679. The molecule has 9 nitrogen and oxygen atoms in total. The highest BCUT2D eigenvalue weighted by Crippen LogP contribution is 2.36. The van der Waals surface area contributed by atoms with Gasteiger partial charge in [0.2, 0.25) is 0 Å². The van der Waals surface area contributed by atoms with Gasteiger partial charge in [0, 0.05) is 18.0 Å². The molecule has 3 aromatic rings. The Hall–Kier alpha value is -4.17. The highest BCUT2D eigenvalue weighted by molar-refractivity contribution is 5.95. The van der Waals surface area contributed by atoms with Crippen molar-refractivity contribution in [2.45, 2.75) is 51.7 Å².